The van der Waals surface area contributed by atoms with Crippen molar-refractivity contribution in [2.24, 2.45) is 5.73 Å². The van der Waals surface area contributed by atoms with E-state index in [-0.39, 0.29) is 12.0 Å². The van der Waals surface area contributed by atoms with Crippen molar-refractivity contribution in [2.75, 3.05) is 5.32 Å². The maximum absolute atomic E-state index is 12.3. The fourth-order valence-electron chi connectivity index (χ4n) is 1.73. The molecule has 21 heavy (non-hydrogen) atoms. The maximum Gasteiger partial charge on any atom is 0.261 e. The minimum atomic E-state index is -0.564. The molecule has 1 saturated carbocycles. The number of nitrogens with two attached hydrogens (primary N) is 1. The van der Waals surface area contributed by atoms with Crippen LogP contribution in [0.5, 0.6) is 5.75 Å². The van der Waals surface area contributed by atoms with E-state index in [1.807, 2.05) is 6.07 Å². The molecule has 108 valence electrons. The molecule has 0 saturated heterocycles. The van der Waals surface area contributed by atoms with Crippen molar-refractivity contribution in [3.8, 4) is 5.75 Å². The number of ether oxygens (including phenoxy) is 1. The number of rotatable bonds is 5. The average Bonchev–Trinajstić information content (AvgIpc) is 3.15. The summed E-state index contributed by atoms with van der Waals surface area (Å²) in [7, 11) is 0. The van der Waals surface area contributed by atoms with Crippen molar-refractivity contribution < 1.29 is 14.3 Å². The van der Waals surface area contributed by atoms with E-state index in [1.54, 1.807) is 18.2 Å². The Labute approximate surface area is 124 Å². The second-order valence-electron chi connectivity index (χ2n) is 4.66. The molecular formula is C14H13N3O3S. The standard InChI is InChI=1S/C14H13N3O3S/c15-12(18)11-7-16-14(21-11)17-13(19)9-3-1-2-4-10(9)20-8-5-6-8/h1-4,7-8H,5-6H2,(H2,15,18)(H,16,17,19). The Kier molecular flexibility index (Phi) is 3.57. The number of amides is 2. The highest BCUT2D eigenvalue weighted by molar-refractivity contribution is 7.17. The van der Waals surface area contributed by atoms with E-state index < -0.39 is 5.91 Å². The van der Waals surface area contributed by atoms with Gasteiger partial charge < -0.3 is 10.5 Å². The number of hydrogen-bond acceptors (Lipinski definition) is 5. The van der Waals surface area contributed by atoms with E-state index in [9.17, 15) is 9.59 Å². The van der Waals surface area contributed by atoms with E-state index in [4.69, 9.17) is 10.5 Å². The number of benzene rings is 1. The molecule has 0 unspecified atom stereocenters. The van der Waals surface area contributed by atoms with Crippen LogP contribution in [0.2, 0.25) is 0 Å². The topological polar surface area (TPSA) is 94.3 Å². The Morgan fingerprint density at radius 2 is 2.10 bits per heavy atom. The van der Waals surface area contributed by atoms with E-state index >= 15 is 0 Å². The van der Waals surface area contributed by atoms with E-state index in [0.29, 0.717) is 21.3 Å². The van der Waals surface area contributed by atoms with Gasteiger partial charge in [0.05, 0.1) is 17.9 Å². The minimum Gasteiger partial charge on any atom is -0.490 e. The number of nitrogens with zero attached hydrogens (tertiary/aromatic N) is 1. The molecule has 3 rings (SSSR count). The molecule has 1 fully saturated rings. The van der Waals surface area contributed by atoms with Gasteiger partial charge in [-0.25, -0.2) is 4.98 Å². The lowest BCUT2D eigenvalue weighted by Crippen LogP contribution is -2.14. The van der Waals surface area contributed by atoms with Gasteiger partial charge in [-0.3, -0.25) is 14.9 Å². The van der Waals surface area contributed by atoms with E-state index in [1.165, 1.54) is 6.20 Å². The van der Waals surface area contributed by atoms with Crippen molar-refractivity contribution in [3.63, 3.8) is 0 Å². The first-order valence-corrected chi connectivity index (χ1v) is 7.28. The van der Waals surface area contributed by atoms with Crippen molar-refractivity contribution in [3.05, 3.63) is 40.9 Å². The Morgan fingerprint density at radius 3 is 2.76 bits per heavy atom. The van der Waals surface area contributed by atoms with Gasteiger partial charge in [-0.15, -0.1) is 0 Å². The first-order chi connectivity index (χ1) is 10.1. The number of aromatic nitrogens is 1. The van der Waals surface area contributed by atoms with E-state index in [2.05, 4.69) is 10.3 Å². The van der Waals surface area contributed by atoms with Crippen LogP contribution in [0, 0.1) is 0 Å². The molecule has 2 aromatic rings. The maximum atomic E-state index is 12.3. The first-order valence-electron chi connectivity index (χ1n) is 6.46. The van der Waals surface area contributed by atoms with Gasteiger partial charge in [0.25, 0.3) is 11.8 Å². The number of carbonyl (C=O) groups is 2. The lowest BCUT2D eigenvalue weighted by atomic mass is 10.2. The Balaban J connectivity index is 1.76. The van der Waals surface area contributed by atoms with Crippen LogP contribution in [0.1, 0.15) is 32.9 Å². The molecule has 1 aliphatic rings. The summed E-state index contributed by atoms with van der Waals surface area (Å²) in [6.45, 7) is 0. The highest BCUT2D eigenvalue weighted by atomic mass is 32.1. The summed E-state index contributed by atoms with van der Waals surface area (Å²) >= 11 is 1.04. The molecule has 2 amide bonds. The fourth-order valence-corrected chi connectivity index (χ4v) is 2.40. The molecule has 0 bridgehead atoms. The van der Waals surface area contributed by atoms with Gasteiger partial charge >= 0.3 is 0 Å². The second-order valence-corrected chi connectivity index (χ2v) is 5.69. The zero-order valence-corrected chi connectivity index (χ0v) is 11.9. The Morgan fingerprint density at radius 1 is 1.33 bits per heavy atom. The molecule has 1 aliphatic carbocycles. The quantitative estimate of drug-likeness (QED) is 0.883. The third kappa shape index (κ3) is 3.19. The zero-order chi connectivity index (χ0) is 14.8. The van der Waals surface area contributed by atoms with Gasteiger partial charge in [0.2, 0.25) is 0 Å². The normalized spacial score (nSPS) is 13.7. The van der Waals surface area contributed by atoms with Crippen LogP contribution in [-0.2, 0) is 0 Å². The van der Waals surface area contributed by atoms with Crippen LogP contribution in [-0.4, -0.2) is 22.9 Å². The molecule has 0 aliphatic heterocycles. The van der Waals surface area contributed by atoms with Gasteiger partial charge in [0.15, 0.2) is 5.13 Å². The molecule has 3 N–H and O–H groups in total. The van der Waals surface area contributed by atoms with Crippen LogP contribution in [0.25, 0.3) is 0 Å². The number of carbonyl (C=O) groups excluding carboxylic acids is 2. The number of thiazole rings is 1. The third-order valence-corrected chi connectivity index (χ3v) is 3.85. The number of para-hydroxylation sites is 1. The third-order valence-electron chi connectivity index (χ3n) is 2.92. The number of anilines is 1. The highest BCUT2D eigenvalue weighted by Gasteiger charge is 2.25. The van der Waals surface area contributed by atoms with Crippen molar-refractivity contribution in [1.29, 1.82) is 0 Å². The predicted octanol–water partition coefficient (Wildman–Crippen LogP) is 2.04. The van der Waals surface area contributed by atoms with Gasteiger partial charge in [-0.05, 0) is 25.0 Å². The largest absolute Gasteiger partial charge is 0.490 e. The number of nitrogens with one attached hydrogen (secondary N) is 1. The van der Waals surface area contributed by atoms with Gasteiger partial charge in [0, 0.05) is 0 Å². The van der Waals surface area contributed by atoms with Crippen LogP contribution in [0.3, 0.4) is 0 Å². The lowest BCUT2D eigenvalue weighted by Gasteiger charge is -2.09. The van der Waals surface area contributed by atoms with Crippen molar-refractivity contribution >= 4 is 28.3 Å². The molecule has 0 spiro atoms. The minimum absolute atomic E-state index is 0.209. The number of primary amides is 1. The van der Waals surface area contributed by atoms with Gasteiger partial charge in [-0.2, -0.15) is 0 Å². The second kappa shape index (κ2) is 5.53. The average molecular weight is 303 g/mol. The molecule has 0 atom stereocenters. The summed E-state index contributed by atoms with van der Waals surface area (Å²) in [5.41, 5.74) is 5.60. The fraction of sp³-hybridized carbons (Fsp3) is 0.214. The molecule has 1 aromatic carbocycles. The van der Waals surface area contributed by atoms with Crippen LogP contribution in [0.4, 0.5) is 5.13 Å². The summed E-state index contributed by atoms with van der Waals surface area (Å²) in [6, 6.07) is 7.05. The summed E-state index contributed by atoms with van der Waals surface area (Å²) in [6.07, 6.45) is 3.59. The summed E-state index contributed by atoms with van der Waals surface area (Å²) in [5, 5.41) is 2.98. The predicted molar refractivity (Wildman–Crippen MR) is 78.7 cm³/mol. The summed E-state index contributed by atoms with van der Waals surface area (Å²) in [5.74, 6) is -0.328. The molecule has 0 radical (unpaired) electrons. The molecule has 1 heterocycles. The molecule has 6 nitrogen and oxygen atoms in total. The zero-order valence-electron chi connectivity index (χ0n) is 11.0. The monoisotopic (exact) mass is 303 g/mol. The number of hydrogen-bond donors (Lipinski definition) is 2. The van der Waals surface area contributed by atoms with Crippen LogP contribution in [0.15, 0.2) is 30.5 Å². The SMILES string of the molecule is NC(=O)c1cnc(NC(=O)c2ccccc2OC2CC2)s1. The smallest absolute Gasteiger partial charge is 0.261 e. The summed E-state index contributed by atoms with van der Waals surface area (Å²) in [4.78, 5) is 27.5. The Bertz CT molecular complexity index is 694. The summed E-state index contributed by atoms with van der Waals surface area (Å²) < 4.78 is 5.71. The van der Waals surface area contributed by atoms with E-state index in [0.717, 1.165) is 24.2 Å². The first kappa shape index (κ1) is 13.6. The van der Waals surface area contributed by atoms with Crippen molar-refractivity contribution in [1.82, 2.24) is 4.98 Å². The van der Waals surface area contributed by atoms with Gasteiger partial charge in [0.1, 0.15) is 10.6 Å². The van der Waals surface area contributed by atoms with Crippen molar-refractivity contribution in [2.45, 2.75) is 18.9 Å². The van der Waals surface area contributed by atoms with Gasteiger partial charge in [-0.1, -0.05) is 23.5 Å². The lowest BCUT2D eigenvalue weighted by molar-refractivity contribution is 0.1000. The Hall–Kier alpha value is -2.41. The molecular weight excluding hydrogens is 290 g/mol. The van der Waals surface area contributed by atoms with Crippen LogP contribution >= 0.6 is 11.3 Å². The molecule has 1 aromatic heterocycles. The highest BCUT2D eigenvalue weighted by Crippen LogP contribution is 2.29. The molecule has 7 heteroatoms. The van der Waals surface area contributed by atoms with Crippen LogP contribution < -0.4 is 15.8 Å².